The van der Waals surface area contributed by atoms with Crippen molar-refractivity contribution in [3.8, 4) is 0 Å². The number of para-hydroxylation sites is 1. The van der Waals surface area contributed by atoms with E-state index in [2.05, 4.69) is 18.7 Å². The molecule has 1 atom stereocenters. The molecule has 1 aromatic carbocycles. The third-order valence-corrected chi connectivity index (χ3v) is 5.88. The van der Waals surface area contributed by atoms with Crippen LogP contribution in [0.1, 0.15) is 58.6 Å². The Bertz CT molecular complexity index is 823. The van der Waals surface area contributed by atoms with Crippen LogP contribution in [-0.4, -0.2) is 27.7 Å². The predicted octanol–water partition coefficient (Wildman–Crippen LogP) is 4.00. The van der Waals surface area contributed by atoms with E-state index in [1.165, 1.54) is 0 Å². The van der Waals surface area contributed by atoms with Gasteiger partial charge in [0.05, 0.1) is 0 Å². The second-order valence-corrected chi connectivity index (χ2v) is 8.54. The molecule has 0 spiro atoms. The maximum Gasteiger partial charge on any atom is 0.411 e. The molecule has 3 rings (SSSR count). The lowest BCUT2D eigenvalue weighted by molar-refractivity contribution is -0.235. The molecule has 1 aliphatic carbocycles. The molecule has 1 aliphatic rings. The molecule has 0 radical (unpaired) electrons. The SMILES string of the molecule is CCC(O)(CCC1(c2cc3ccccc3o2)CC(C)(C)C1)C(=O)C(=O)OO. The van der Waals surface area contributed by atoms with E-state index in [0.717, 1.165) is 29.6 Å². The molecule has 146 valence electrons. The van der Waals surface area contributed by atoms with Crippen molar-refractivity contribution in [1.29, 1.82) is 0 Å². The highest BCUT2D eigenvalue weighted by molar-refractivity contribution is 6.36. The number of furan rings is 1. The summed E-state index contributed by atoms with van der Waals surface area (Å²) in [5.41, 5.74) is -1.22. The van der Waals surface area contributed by atoms with E-state index in [1.54, 1.807) is 6.92 Å². The van der Waals surface area contributed by atoms with Gasteiger partial charge >= 0.3 is 5.97 Å². The highest BCUT2D eigenvalue weighted by Gasteiger charge is 2.53. The summed E-state index contributed by atoms with van der Waals surface area (Å²) in [5.74, 6) is -1.71. The van der Waals surface area contributed by atoms with Gasteiger partial charge < -0.3 is 9.52 Å². The van der Waals surface area contributed by atoms with Crippen LogP contribution in [0.25, 0.3) is 11.0 Å². The lowest BCUT2D eigenvalue weighted by Crippen LogP contribution is -2.49. The summed E-state index contributed by atoms with van der Waals surface area (Å²) in [6, 6.07) is 9.80. The zero-order valence-corrected chi connectivity index (χ0v) is 15.9. The lowest BCUT2D eigenvalue weighted by Gasteiger charge is -2.53. The number of carbonyl (C=O) groups is 2. The quantitative estimate of drug-likeness (QED) is 0.432. The molecular formula is C21H26O6. The summed E-state index contributed by atoms with van der Waals surface area (Å²) >= 11 is 0. The summed E-state index contributed by atoms with van der Waals surface area (Å²) in [7, 11) is 0. The average Bonchev–Trinajstić information content (AvgIpc) is 3.07. The molecule has 1 unspecified atom stereocenters. The molecule has 27 heavy (non-hydrogen) atoms. The van der Waals surface area contributed by atoms with Gasteiger partial charge in [0, 0.05) is 10.8 Å². The Morgan fingerprint density at radius 3 is 2.48 bits per heavy atom. The molecule has 2 N–H and O–H groups in total. The number of hydrogen-bond acceptors (Lipinski definition) is 6. The molecule has 6 nitrogen and oxygen atoms in total. The summed E-state index contributed by atoms with van der Waals surface area (Å²) in [6.45, 7) is 5.98. The molecule has 6 heteroatoms. The number of fused-ring (bicyclic) bond motifs is 1. The number of Topliss-reactive ketones (excluding diaryl/α,β-unsaturated/α-hetero) is 1. The van der Waals surface area contributed by atoms with Crippen LogP contribution < -0.4 is 0 Å². The highest BCUT2D eigenvalue weighted by Crippen LogP contribution is 2.58. The third-order valence-electron chi connectivity index (χ3n) is 5.88. The van der Waals surface area contributed by atoms with Crippen molar-refractivity contribution in [2.24, 2.45) is 5.41 Å². The van der Waals surface area contributed by atoms with Crippen LogP contribution in [0.15, 0.2) is 34.7 Å². The standard InChI is InChI=1S/C21H26O6/c1-4-21(24,17(22)18(23)27-25)10-9-20(12-19(2,3)13-20)16-11-14-7-5-6-8-15(14)26-16/h5-8,11,24-25H,4,9-10,12-13H2,1-3H3. The monoisotopic (exact) mass is 374 g/mol. The van der Waals surface area contributed by atoms with Gasteiger partial charge in [-0.15, -0.1) is 0 Å². The molecule has 0 aliphatic heterocycles. The molecule has 1 fully saturated rings. The van der Waals surface area contributed by atoms with Crippen LogP contribution in [0.2, 0.25) is 0 Å². The summed E-state index contributed by atoms with van der Waals surface area (Å²) in [4.78, 5) is 27.1. The molecule has 1 saturated carbocycles. The number of benzene rings is 1. The maximum absolute atomic E-state index is 12.1. The predicted molar refractivity (Wildman–Crippen MR) is 99.1 cm³/mol. The van der Waals surface area contributed by atoms with Crippen molar-refractivity contribution >= 4 is 22.7 Å². The van der Waals surface area contributed by atoms with Crippen molar-refractivity contribution < 1.29 is 29.3 Å². The number of carbonyl (C=O) groups excluding carboxylic acids is 2. The lowest BCUT2D eigenvalue weighted by atomic mass is 9.51. The Kier molecular flexibility index (Phi) is 4.91. The normalized spacial score (nSPS) is 19.9. The fraction of sp³-hybridized carbons (Fsp3) is 0.524. The molecule has 0 bridgehead atoms. The Morgan fingerprint density at radius 1 is 1.26 bits per heavy atom. The van der Waals surface area contributed by atoms with E-state index in [-0.39, 0.29) is 23.7 Å². The number of ketones is 1. The summed E-state index contributed by atoms with van der Waals surface area (Å²) < 4.78 is 6.10. The minimum Gasteiger partial charge on any atom is -0.460 e. The van der Waals surface area contributed by atoms with Crippen molar-refractivity contribution in [2.75, 3.05) is 0 Å². The van der Waals surface area contributed by atoms with Crippen molar-refractivity contribution in [2.45, 2.75) is 63.9 Å². The molecule has 1 heterocycles. The molecular weight excluding hydrogens is 348 g/mol. The van der Waals surface area contributed by atoms with Crippen LogP contribution in [0.5, 0.6) is 0 Å². The second kappa shape index (κ2) is 6.77. The van der Waals surface area contributed by atoms with Crippen molar-refractivity contribution in [3.63, 3.8) is 0 Å². The van der Waals surface area contributed by atoms with Gasteiger partial charge in [0.15, 0.2) is 0 Å². The largest absolute Gasteiger partial charge is 0.460 e. The number of aliphatic hydroxyl groups is 1. The van der Waals surface area contributed by atoms with Gasteiger partial charge in [0.25, 0.3) is 5.78 Å². The molecule has 0 saturated heterocycles. The van der Waals surface area contributed by atoms with Gasteiger partial charge in [0.2, 0.25) is 0 Å². The van der Waals surface area contributed by atoms with Crippen LogP contribution in [-0.2, 0) is 19.9 Å². The van der Waals surface area contributed by atoms with Gasteiger partial charge in [0.1, 0.15) is 16.9 Å². The van der Waals surface area contributed by atoms with Crippen molar-refractivity contribution in [3.05, 3.63) is 36.1 Å². The Balaban J connectivity index is 1.87. The van der Waals surface area contributed by atoms with E-state index in [4.69, 9.17) is 9.67 Å². The van der Waals surface area contributed by atoms with Crippen LogP contribution in [0, 0.1) is 5.41 Å². The fourth-order valence-corrected chi connectivity index (χ4v) is 4.63. The first kappa shape index (κ1) is 19.6. The number of hydrogen-bond donors (Lipinski definition) is 2. The minimum atomic E-state index is -1.86. The fourth-order valence-electron chi connectivity index (χ4n) is 4.63. The van der Waals surface area contributed by atoms with E-state index in [1.807, 2.05) is 30.3 Å². The van der Waals surface area contributed by atoms with E-state index in [0.29, 0.717) is 6.42 Å². The van der Waals surface area contributed by atoms with Crippen molar-refractivity contribution in [1.82, 2.24) is 0 Å². The first-order valence-corrected chi connectivity index (χ1v) is 9.26. The topological polar surface area (TPSA) is 97.0 Å². The van der Waals surface area contributed by atoms with Crippen LogP contribution >= 0.6 is 0 Å². The zero-order chi connectivity index (χ0) is 19.9. The van der Waals surface area contributed by atoms with Crippen LogP contribution in [0.4, 0.5) is 0 Å². The summed E-state index contributed by atoms with van der Waals surface area (Å²) in [5, 5.41) is 20.2. The third kappa shape index (κ3) is 3.51. The van der Waals surface area contributed by atoms with E-state index >= 15 is 0 Å². The van der Waals surface area contributed by atoms with Gasteiger partial charge in [-0.1, -0.05) is 39.0 Å². The Labute approximate surface area is 158 Å². The maximum atomic E-state index is 12.1. The van der Waals surface area contributed by atoms with Crippen LogP contribution in [0.3, 0.4) is 0 Å². The Morgan fingerprint density at radius 2 is 1.93 bits per heavy atom. The van der Waals surface area contributed by atoms with Gasteiger partial charge in [-0.25, -0.2) is 4.79 Å². The number of rotatable bonds is 7. The van der Waals surface area contributed by atoms with Gasteiger partial charge in [-0.3, -0.25) is 9.68 Å². The molecule has 1 aromatic heterocycles. The minimum absolute atomic E-state index is 0.0561. The van der Waals surface area contributed by atoms with E-state index < -0.39 is 17.4 Å². The zero-order valence-electron chi connectivity index (χ0n) is 15.9. The first-order valence-electron chi connectivity index (χ1n) is 9.26. The smallest absolute Gasteiger partial charge is 0.411 e. The van der Waals surface area contributed by atoms with E-state index in [9.17, 15) is 14.7 Å². The Hall–Kier alpha value is -2.18. The van der Waals surface area contributed by atoms with Gasteiger partial charge in [-0.2, -0.15) is 5.26 Å². The highest BCUT2D eigenvalue weighted by atomic mass is 17.1. The molecule has 2 aromatic rings. The average molecular weight is 374 g/mol. The van der Waals surface area contributed by atoms with Gasteiger partial charge in [-0.05, 0) is 49.7 Å². The molecule has 0 amide bonds. The summed E-state index contributed by atoms with van der Waals surface area (Å²) in [6.07, 6.45) is 2.35. The second-order valence-electron chi connectivity index (χ2n) is 8.54. The first-order chi connectivity index (χ1) is 12.6.